The summed E-state index contributed by atoms with van der Waals surface area (Å²) in [7, 11) is 0. The van der Waals surface area contributed by atoms with Crippen molar-refractivity contribution in [3.05, 3.63) is 176 Å². The van der Waals surface area contributed by atoms with E-state index in [1.54, 1.807) is 0 Å². The van der Waals surface area contributed by atoms with Gasteiger partial charge in [0.1, 0.15) is 0 Å². The molecule has 0 aliphatic carbocycles. The Morgan fingerprint density at radius 3 is 1.86 bits per heavy atom. The molecule has 0 N–H and O–H groups in total. The van der Waals surface area contributed by atoms with Gasteiger partial charge in [0.15, 0.2) is 0 Å². The number of thiophene rings is 2. The lowest BCUT2D eigenvalue weighted by Crippen LogP contribution is -2.10. The highest BCUT2D eigenvalue weighted by atomic mass is 32.1. The van der Waals surface area contributed by atoms with Crippen LogP contribution in [-0.4, -0.2) is 0 Å². The second-order valence-corrected chi connectivity index (χ2v) is 14.6. The van der Waals surface area contributed by atoms with Gasteiger partial charge in [-0.25, -0.2) is 0 Å². The third kappa shape index (κ3) is 4.66. The average molecular weight is 660 g/mol. The third-order valence-electron chi connectivity index (χ3n) is 9.68. The van der Waals surface area contributed by atoms with Crippen molar-refractivity contribution in [2.45, 2.75) is 0 Å². The molecule has 230 valence electrons. The summed E-state index contributed by atoms with van der Waals surface area (Å²) < 4.78 is 5.24. The molecule has 0 fully saturated rings. The first-order valence-electron chi connectivity index (χ1n) is 16.6. The third-order valence-corrected chi connectivity index (χ3v) is 12.0. The fourth-order valence-corrected chi connectivity index (χ4v) is 9.75. The topological polar surface area (TPSA) is 3.24 Å². The van der Waals surface area contributed by atoms with Crippen molar-refractivity contribution >= 4 is 90.9 Å². The summed E-state index contributed by atoms with van der Waals surface area (Å²) in [6.07, 6.45) is 0. The molecule has 0 bridgehead atoms. The maximum Gasteiger partial charge on any atom is 0.0641 e. The average Bonchev–Trinajstić information content (AvgIpc) is 3.75. The van der Waals surface area contributed by atoms with Crippen LogP contribution in [0.4, 0.5) is 17.1 Å². The van der Waals surface area contributed by atoms with E-state index in [1.807, 2.05) is 22.7 Å². The first kappa shape index (κ1) is 28.3. The lowest BCUT2D eigenvalue weighted by Gasteiger charge is -2.28. The van der Waals surface area contributed by atoms with Crippen LogP contribution in [0.1, 0.15) is 0 Å². The summed E-state index contributed by atoms with van der Waals surface area (Å²) in [6.45, 7) is 0. The maximum atomic E-state index is 2.47. The summed E-state index contributed by atoms with van der Waals surface area (Å²) in [5, 5.41) is 7.73. The molecule has 10 rings (SSSR count). The predicted molar refractivity (Wildman–Crippen MR) is 215 cm³/mol. The molecule has 0 unspecified atom stereocenters. The van der Waals surface area contributed by atoms with Crippen LogP contribution in [0.15, 0.2) is 176 Å². The smallest absolute Gasteiger partial charge is 0.0641 e. The molecular formula is C46H29NS2. The lowest BCUT2D eigenvalue weighted by molar-refractivity contribution is 1.32. The summed E-state index contributed by atoms with van der Waals surface area (Å²) in [4.78, 5) is 2.47. The van der Waals surface area contributed by atoms with Crippen LogP contribution in [0.25, 0.3) is 73.4 Å². The Bertz CT molecular complexity index is 2820. The van der Waals surface area contributed by atoms with E-state index in [0.717, 1.165) is 5.69 Å². The van der Waals surface area contributed by atoms with Gasteiger partial charge in [-0.2, -0.15) is 0 Å². The number of hydrogen-bond donors (Lipinski definition) is 0. The standard InChI is InChI=1S/C46H29NS2/c1-2-11-32(12-3-1)36-27-28-41(46-45(36)39-17-7-9-20-43(39)49-46)47(40-18-10-14-31-13-4-5-15-35(31)40)34-24-21-30(22-25-34)33-23-26-38-37-16-6-8-19-42(37)48-44(38)29-33/h1-29H. The Kier molecular flexibility index (Phi) is 6.61. The Balaban J connectivity index is 1.18. The van der Waals surface area contributed by atoms with Gasteiger partial charge >= 0.3 is 0 Å². The van der Waals surface area contributed by atoms with Gasteiger partial charge in [-0.05, 0) is 70.1 Å². The lowest BCUT2D eigenvalue weighted by atomic mass is 9.97. The normalized spacial score (nSPS) is 11.7. The van der Waals surface area contributed by atoms with Crippen LogP contribution in [0.3, 0.4) is 0 Å². The number of fused-ring (bicyclic) bond motifs is 7. The zero-order valence-corrected chi connectivity index (χ0v) is 28.1. The molecule has 10 aromatic rings. The van der Waals surface area contributed by atoms with E-state index in [9.17, 15) is 0 Å². The van der Waals surface area contributed by atoms with Crippen LogP contribution in [0.5, 0.6) is 0 Å². The monoisotopic (exact) mass is 659 g/mol. The van der Waals surface area contributed by atoms with Crippen molar-refractivity contribution in [1.29, 1.82) is 0 Å². The molecule has 0 saturated heterocycles. The van der Waals surface area contributed by atoms with Crippen molar-refractivity contribution in [3.8, 4) is 22.3 Å². The minimum Gasteiger partial charge on any atom is -0.308 e. The van der Waals surface area contributed by atoms with Crippen LogP contribution >= 0.6 is 22.7 Å². The van der Waals surface area contributed by atoms with E-state index in [-0.39, 0.29) is 0 Å². The Morgan fingerprint density at radius 2 is 1.02 bits per heavy atom. The molecule has 0 aliphatic rings. The van der Waals surface area contributed by atoms with Crippen molar-refractivity contribution in [3.63, 3.8) is 0 Å². The van der Waals surface area contributed by atoms with Gasteiger partial charge in [0.2, 0.25) is 0 Å². The predicted octanol–water partition coefficient (Wildman–Crippen LogP) is 14.4. The SMILES string of the molecule is c1ccc(-c2ccc(N(c3ccc(-c4ccc5c(c4)sc4ccccc45)cc3)c3cccc4ccccc34)c3sc4ccccc4c23)cc1. The minimum absolute atomic E-state index is 1.13. The fourth-order valence-electron chi connectivity index (χ4n) is 7.37. The quantitative estimate of drug-likeness (QED) is 0.178. The van der Waals surface area contributed by atoms with Gasteiger partial charge < -0.3 is 4.90 Å². The Hall–Kier alpha value is -5.74. The van der Waals surface area contributed by atoms with Crippen LogP contribution in [0.2, 0.25) is 0 Å². The summed E-state index contributed by atoms with van der Waals surface area (Å²) in [5.74, 6) is 0. The molecule has 0 aliphatic heterocycles. The number of hydrogen-bond acceptors (Lipinski definition) is 3. The summed E-state index contributed by atoms with van der Waals surface area (Å²) >= 11 is 3.75. The van der Waals surface area contributed by atoms with E-state index in [1.165, 1.54) is 84.7 Å². The van der Waals surface area contributed by atoms with E-state index in [0.29, 0.717) is 0 Å². The number of nitrogens with zero attached hydrogens (tertiary/aromatic N) is 1. The molecule has 2 heterocycles. The van der Waals surface area contributed by atoms with Gasteiger partial charge in [0.25, 0.3) is 0 Å². The molecule has 0 saturated carbocycles. The first-order chi connectivity index (χ1) is 24.3. The molecule has 0 amide bonds. The highest BCUT2D eigenvalue weighted by molar-refractivity contribution is 7.26. The summed E-state index contributed by atoms with van der Waals surface area (Å²) in [5.41, 5.74) is 8.44. The fraction of sp³-hybridized carbons (Fsp3) is 0. The van der Waals surface area contributed by atoms with Crippen LogP contribution < -0.4 is 4.90 Å². The van der Waals surface area contributed by atoms with Gasteiger partial charge in [0, 0.05) is 46.7 Å². The minimum atomic E-state index is 1.13. The largest absolute Gasteiger partial charge is 0.308 e. The van der Waals surface area contributed by atoms with E-state index < -0.39 is 0 Å². The van der Waals surface area contributed by atoms with E-state index in [2.05, 4.69) is 181 Å². The number of anilines is 3. The van der Waals surface area contributed by atoms with Gasteiger partial charge in [-0.1, -0.05) is 133 Å². The van der Waals surface area contributed by atoms with Crippen LogP contribution in [0, 0.1) is 0 Å². The molecule has 0 atom stereocenters. The van der Waals surface area contributed by atoms with E-state index >= 15 is 0 Å². The molecule has 49 heavy (non-hydrogen) atoms. The van der Waals surface area contributed by atoms with Crippen molar-refractivity contribution in [2.75, 3.05) is 4.90 Å². The molecule has 2 aromatic heterocycles. The highest BCUT2D eigenvalue weighted by Crippen LogP contribution is 2.49. The number of benzene rings is 8. The van der Waals surface area contributed by atoms with Crippen molar-refractivity contribution < 1.29 is 0 Å². The molecular weight excluding hydrogens is 631 g/mol. The second-order valence-electron chi connectivity index (χ2n) is 12.5. The van der Waals surface area contributed by atoms with Gasteiger partial charge in [0.05, 0.1) is 16.1 Å². The summed E-state index contributed by atoms with van der Waals surface area (Å²) in [6, 6.07) is 64.4. The van der Waals surface area contributed by atoms with E-state index in [4.69, 9.17) is 0 Å². The number of rotatable bonds is 5. The molecule has 0 radical (unpaired) electrons. The molecule has 8 aromatic carbocycles. The van der Waals surface area contributed by atoms with Crippen molar-refractivity contribution in [1.82, 2.24) is 0 Å². The zero-order valence-electron chi connectivity index (χ0n) is 26.5. The second kappa shape index (κ2) is 11.5. The zero-order chi connectivity index (χ0) is 32.3. The first-order valence-corrected chi connectivity index (χ1v) is 18.2. The molecule has 0 spiro atoms. The Labute approximate surface area is 292 Å². The highest BCUT2D eigenvalue weighted by Gasteiger charge is 2.22. The Morgan fingerprint density at radius 1 is 0.367 bits per heavy atom. The van der Waals surface area contributed by atoms with Gasteiger partial charge in [-0.15, -0.1) is 22.7 Å². The van der Waals surface area contributed by atoms with Gasteiger partial charge in [-0.3, -0.25) is 0 Å². The van der Waals surface area contributed by atoms with Crippen LogP contribution in [-0.2, 0) is 0 Å². The molecule has 3 heteroatoms. The molecule has 1 nitrogen and oxygen atoms in total. The maximum absolute atomic E-state index is 2.47. The van der Waals surface area contributed by atoms with Crippen molar-refractivity contribution in [2.24, 2.45) is 0 Å².